The average Bonchev–Trinajstić information content (AvgIpc) is 2.20. The van der Waals surface area contributed by atoms with Gasteiger partial charge in [0.25, 0.3) is 5.91 Å². The smallest absolute Gasteiger partial charge is 0.254 e. The second-order valence-electron chi connectivity index (χ2n) is 3.03. The van der Waals surface area contributed by atoms with Gasteiger partial charge in [0.1, 0.15) is 11.6 Å². The van der Waals surface area contributed by atoms with Crippen LogP contribution in [-0.2, 0) is 0 Å². The largest absolute Gasteiger partial charge is 0.351 e. The third-order valence-corrected chi connectivity index (χ3v) is 2.27. The molecule has 0 saturated heterocycles. The Balaban J connectivity index is 2.94. The monoisotopic (exact) mass is 277 g/mol. The molecule has 1 rings (SSSR count). The summed E-state index contributed by atoms with van der Waals surface area (Å²) in [5, 5.41) is 3.07. The first-order valence-corrected chi connectivity index (χ1v) is 5.48. The summed E-state index contributed by atoms with van der Waals surface area (Å²) in [6.45, 7) is 1.88. The van der Waals surface area contributed by atoms with Crippen LogP contribution >= 0.6 is 15.9 Å². The highest BCUT2D eigenvalue weighted by atomic mass is 79.9. The van der Waals surface area contributed by atoms with Crippen molar-refractivity contribution in [2.45, 2.75) is 6.92 Å². The fourth-order valence-corrected chi connectivity index (χ4v) is 1.29. The second-order valence-corrected chi connectivity index (χ2v) is 3.82. The van der Waals surface area contributed by atoms with Crippen molar-refractivity contribution in [2.24, 2.45) is 0 Å². The van der Waals surface area contributed by atoms with E-state index in [1.54, 1.807) is 0 Å². The predicted molar refractivity (Wildman–Crippen MR) is 57.2 cm³/mol. The first kappa shape index (κ1) is 12.1. The maximum absolute atomic E-state index is 13.2. The summed E-state index contributed by atoms with van der Waals surface area (Å²) in [7, 11) is 0. The van der Waals surface area contributed by atoms with Gasteiger partial charge >= 0.3 is 0 Å². The minimum atomic E-state index is -0.842. The van der Waals surface area contributed by atoms with Gasteiger partial charge in [0, 0.05) is 17.9 Å². The number of halogens is 3. The second kappa shape index (κ2) is 5.21. The van der Waals surface area contributed by atoms with Crippen molar-refractivity contribution in [3.05, 3.63) is 34.9 Å². The van der Waals surface area contributed by atoms with Gasteiger partial charge in [-0.25, -0.2) is 8.78 Å². The third-order valence-electron chi connectivity index (χ3n) is 1.87. The zero-order valence-electron chi connectivity index (χ0n) is 8.11. The standard InChI is InChI=1S/C10H10BrF2NO/c1-6-4-7(9(13)5-8(6)12)10(15)14-3-2-11/h4-5H,2-3H2,1H3,(H,14,15). The van der Waals surface area contributed by atoms with Crippen LogP contribution in [0.15, 0.2) is 12.1 Å². The van der Waals surface area contributed by atoms with Crippen molar-refractivity contribution in [1.29, 1.82) is 0 Å². The lowest BCUT2D eigenvalue weighted by Crippen LogP contribution is -2.26. The zero-order chi connectivity index (χ0) is 11.4. The number of carbonyl (C=O) groups is 1. The van der Waals surface area contributed by atoms with Crippen LogP contribution in [0.3, 0.4) is 0 Å². The highest BCUT2D eigenvalue weighted by Gasteiger charge is 2.13. The number of nitrogens with one attached hydrogen (secondary N) is 1. The van der Waals surface area contributed by atoms with Gasteiger partial charge in [-0.2, -0.15) is 0 Å². The van der Waals surface area contributed by atoms with Crippen molar-refractivity contribution in [2.75, 3.05) is 11.9 Å². The summed E-state index contributed by atoms with van der Waals surface area (Å²) in [6.07, 6.45) is 0. The molecule has 0 atom stereocenters. The van der Waals surface area contributed by atoms with Crippen LogP contribution in [-0.4, -0.2) is 17.8 Å². The van der Waals surface area contributed by atoms with Gasteiger partial charge < -0.3 is 5.32 Å². The number of aryl methyl sites for hydroxylation is 1. The van der Waals surface area contributed by atoms with Crippen molar-refractivity contribution in [3.8, 4) is 0 Å². The van der Waals surface area contributed by atoms with Crippen LogP contribution in [0.5, 0.6) is 0 Å². The van der Waals surface area contributed by atoms with Crippen molar-refractivity contribution in [3.63, 3.8) is 0 Å². The molecule has 0 spiro atoms. The van der Waals surface area contributed by atoms with E-state index in [-0.39, 0.29) is 11.1 Å². The van der Waals surface area contributed by atoms with Crippen LogP contribution in [0.25, 0.3) is 0 Å². The molecule has 0 aliphatic heterocycles. The summed E-state index contributed by atoms with van der Waals surface area (Å²) < 4.78 is 26.1. The van der Waals surface area contributed by atoms with Gasteiger partial charge in [0.05, 0.1) is 5.56 Å². The number of hydrogen-bond acceptors (Lipinski definition) is 1. The van der Waals surface area contributed by atoms with E-state index in [4.69, 9.17) is 0 Å². The quantitative estimate of drug-likeness (QED) is 0.845. The number of hydrogen-bond donors (Lipinski definition) is 1. The summed E-state index contributed by atoms with van der Waals surface area (Å²) in [5.41, 5.74) is 0.121. The molecule has 0 fully saturated rings. The molecule has 0 heterocycles. The average molecular weight is 278 g/mol. The zero-order valence-corrected chi connectivity index (χ0v) is 9.70. The molecule has 0 unspecified atom stereocenters. The van der Waals surface area contributed by atoms with Gasteiger partial charge in [-0.1, -0.05) is 15.9 Å². The maximum Gasteiger partial charge on any atom is 0.254 e. The highest BCUT2D eigenvalue weighted by molar-refractivity contribution is 9.09. The van der Waals surface area contributed by atoms with E-state index in [1.165, 1.54) is 13.0 Å². The number of alkyl halides is 1. The van der Waals surface area contributed by atoms with Crippen LogP contribution in [0, 0.1) is 18.6 Å². The first-order chi connectivity index (χ1) is 7.06. The van der Waals surface area contributed by atoms with Crippen LogP contribution in [0.4, 0.5) is 8.78 Å². The summed E-state index contributed by atoms with van der Waals surface area (Å²) in [4.78, 5) is 11.4. The fourth-order valence-electron chi connectivity index (χ4n) is 1.09. The molecule has 0 saturated carbocycles. The number of amides is 1. The summed E-state index contributed by atoms with van der Waals surface area (Å²) in [6, 6.07) is 1.92. The first-order valence-electron chi connectivity index (χ1n) is 4.36. The number of benzene rings is 1. The van der Waals surface area contributed by atoms with E-state index in [0.717, 1.165) is 6.07 Å². The van der Waals surface area contributed by atoms with Gasteiger partial charge in [-0.15, -0.1) is 0 Å². The SMILES string of the molecule is Cc1cc(C(=O)NCCBr)c(F)cc1F. The Bertz CT molecular complexity index is 382. The van der Waals surface area contributed by atoms with Crippen LogP contribution < -0.4 is 5.32 Å². The van der Waals surface area contributed by atoms with Crippen LogP contribution in [0.1, 0.15) is 15.9 Å². The Morgan fingerprint density at radius 1 is 1.40 bits per heavy atom. The lowest BCUT2D eigenvalue weighted by atomic mass is 10.1. The Hall–Kier alpha value is -0.970. The van der Waals surface area contributed by atoms with E-state index in [2.05, 4.69) is 21.2 Å². The van der Waals surface area contributed by atoms with Gasteiger partial charge in [-0.05, 0) is 18.6 Å². The lowest BCUT2D eigenvalue weighted by Gasteiger charge is -2.06. The molecular formula is C10H10BrF2NO. The molecule has 1 aromatic rings. The fraction of sp³-hybridized carbons (Fsp3) is 0.300. The topological polar surface area (TPSA) is 29.1 Å². The van der Waals surface area contributed by atoms with Crippen LogP contribution in [0.2, 0.25) is 0 Å². The van der Waals surface area contributed by atoms with Gasteiger partial charge in [0.2, 0.25) is 0 Å². The lowest BCUT2D eigenvalue weighted by molar-refractivity contribution is 0.0952. The minimum absolute atomic E-state index is 0.130. The Morgan fingerprint density at radius 2 is 2.07 bits per heavy atom. The van der Waals surface area contributed by atoms with E-state index < -0.39 is 17.5 Å². The van der Waals surface area contributed by atoms with Crippen molar-refractivity contribution >= 4 is 21.8 Å². The van der Waals surface area contributed by atoms with E-state index in [1.807, 2.05) is 0 Å². The number of carbonyl (C=O) groups excluding carboxylic acids is 1. The molecule has 2 nitrogen and oxygen atoms in total. The molecule has 1 amide bonds. The Labute approximate surface area is 94.8 Å². The molecular weight excluding hydrogens is 268 g/mol. The Morgan fingerprint density at radius 3 is 2.67 bits per heavy atom. The molecule has 5 heteroatoms. The molecule has 0 aliphatic rings. The molecule has 0 aromatic heterocycles. The summed E-state index contributed by atoms with van der Waals surface area (Å²) in [5.74, 6) is -2.02. The molecule has 1 aromatic carbocycles. The minimum Gasteiger partial charge on any atom is -0.351 e. The summed E-state index contributed by atoms with van der Waals surface area (Å²) >= 11 is 3.13. The third kappa shape index (κ3) is 2.99. The molecule has 82 valence electrons. The molecule has 0 bridgehead atoms. The van der Waals surface area contributed by atoms with Gasteiger partial charge in [0.15, 0.2) is 0 Å². The molecule has 0 aliphatic carbocycles. The van der Waals surface area contributed by atoms with Crippen molar-refractivity contribution < 1.29 is 13.6 Å². The van der Waals surface area contributed by atoms with E-state index in [0.29, 0.717) is 11.9 Å². The normalized spacial score (nSPS) is 10.1. The highest BCUT2D eigenvalue weighted by Crippen LogP contribution is 2.13. The number of rotatable bonds is 3. The molecule has 15 heavy (non-hydrogen) atoms. The molecule has 1 N–H and O–H groups in total. The van der Waals surface area contributed by atoms with Crippen molar-refractivity contribution in [1.82, 2.24) is 5.32 Å². The Kier molecular flexibility index (Phi) is 4.20. The predicted octanol–water partition coefficient (Wildman–Crippen LogP) is 2.40. The van der Waals surface area contributed by atoms with E-state index in [9.17, 15) is 13.6 Å². The van der Waals surface area contributed by atoms with E-state index >= 15 is 0 Å². The van der Waals surface area contributed by atoms with Gasteiger partial charge in [-0.3, -0.25) is 4.79 Å². The maximum atomic E-state index is 13.2. The molecule has 0 radical (unpaired) electrons.